The van der Waals surface area contributed by atoms with Gasteiger partial charge in [-0.25, -0.2) is 9.97 Å². The summed E-state index contributed by atoms with van der Waals surface area (Å²) in [5, 5.41) is 3.28. The molecule has 4 heteroatoms. The molecule has 0 bridgehead atoms. The summed E-state index contributed by atoms with van der Waals surface area (Å²) in [5.41, 5.74) is 7.79. The Morgan fingerprint density at radius 3 is 2.39 bits per heavy atom. The van der Waals surface area contributed by atoms with Crippen LogP contribution in [0.3, 0.4) is 0 Å². The fraction of sp³-hybridized carbons (Fsp3) is 0.286. The van der Waals surface area contributed by atoms with Crippen LogP contribution in [0.15, 0.2) is 30.3 Å². The molecule has 0 aliphatic heterocycles. The number of hydrogen-bond acceptors (Lipinski definition) is 4. The Kier molecular flexibility index (Phi) is 3.46. The topological polar surface area (TPSA) is 63.8 Å². The van der Waals surface area contributed by atoms with E-state index in [1.165, 1.54) is 0 Å². The number of benzene rings is 1. The van der Waals surface area contributed by atoms with Crippen molar-refractivity contribution in [1.29, 1.82) is 0 Å². The highest BCUT2D eigenvalue weighted by molar-refractivity contribution is 5.63. The maximum Gasteiger partial charge on any atom is 0.139 e. The Labute approximate surface area is 107 Å². The van der Waals surface area contributed by atoms with Crippen molar-refractivity contribution in [3.63, 3.8) is 0 Å². The number of anilines is 3. The van der Waals surface area contributed by atoms with Crippen molar-refractivity contribution in [3.05, 3.63) is 41.7 Å². The van der Waals surface area contributed by atoms with Gasteiger partial charge in [-0.1, -0.05) is 32.0 Å². The summed E-state index contributed by atoms with van der Waals surface area (Å²) in [7, 11) is 0. The Bertz CT molecular complexity index is 535. The Morgan fingerprint density at radius 2 is 1.78 bits per heavy atom. The molecule has 0 saturated heterocycles. The number of hydrogen-bond donors (Lipinski definition) is 2. The van der Waals surface area contributed by atoms with Gasteiger partial charge < -0.3 is 11.1 Å². The van der Waals surface area contributed by atoms with E-state index in [1.54, 1.807) is 0 Å². The lowest BCUT2D eigenvalue weighted by atomic mass is 10.2. The van der Waals surface area contributed by atoms with Crippen molar-refractivity contribution in [2.24, 2.45) is 0 Å². The van der Waals surface area contributed by atoms with Crippen molar-refractivity contribution >= 4 is 17.3 Å². The van der Waals surface area contributed by atoms with E-state index in [9.17, 15) is 0 Å². The number of para-hydroxylation sites is 1. The third kappa shape index (κ3) is 2.59. The van der Waals surface area contributed by atoms with E-state index >= 15 is 0 Å². The second kappa shape index (κ2) is 5.04. The Balaban J connectivity index is 2.38. The number of nitrogens with two attached hydrogens (primary N) is 1. The maximum atomic E-state index is 5.92. The fourth-order valence-electron chi connectivity index (χ4n) is 1.59. The molecule has 0 atom stereocenters. The van der Waals surface area contributed by atoms with Crippen molar-refractivity contribution < 1.29 is 0 Å². The molecule has 1 heterocycles. The summed E-state index contributed by atoms with van der Waals surface area (Å²) >= 11 is 0. The van der Waals surface area contributed by atoms with Crippen LogP contribution in [-0.4, -0.2) is 9.97 Å². The van der Waals surface area contributed by atoms with Crippen LogP contribution in [-0.2, 0) is 0 Å². The first-order valence-corrected chi connectivity index (χ1v) is 6.04. The van der Waals surface area contributed by atoms with Crippen LogP contribution in [0.1, 0.15) is 31.2 Å². The highest BCUT2D eigenvalue weighted by atomic mass is 15.1. The van der Waals surface area contributed by atoms with E-state index in [1.807, 2.05) is 37.3 Å². The first-order chi connectivity index (χ1) is 8.58. The van der Waals surface area contributed by atoms with Gasteiger partial charge in [-0.15, -0.1) is 0 Å². The van der Waals surface area contributed by atoms with Gasteiger partial charge in [0.2, 0.25) is 0 Å². The van der Waals surface area contributed by atoms with Crippen molar-refractivity contribution in [3.8, 4) is 0 Å². The average molecular weight is 242 g/mol. The molecule has 1 aromatic heterocycles. The van der Waals surface area contributed by atoms with Gasteiger partial charge in [0.05, 0.1) is 0 Å². The van der Waals surface area contributed by atoms with Crippen molar-refractivity contribution in [2.75, 3.05) is 11.1 Å². The van der Waals surface area contributed by atoms with Gasteiger partial charge in [-0.3, -0.25) is 0 Å². The third-order valence-electron chi connectivity index (χ3n) is 2.75. The molecule has 3 N–H and O–H groups in total. The van der Waals surface area contributed by atoms with Crippen molar-refractivity contribution in [2.45, 2.75) is 26.7 Å². The monoisotopic (exact) mass is 242 g/mol. The quantitative estimate of drug-likeness (QED) is 0.867. The lowest BCUT2D eigenvalue weighted by Crippen LogP contribution is -2.08. The number of aromatic nitrogens is 2. The SMILES string of the molecule is Cc1c(N)nc(C(C)C)nc1Nc1ccccc1. The van der Waals surface area contributed by atoms with Gasteiger partial charge in [0.15, 0.2) is 0 Å². The van der Waals surface area contributed by atoms with Gasteiger partial charge in [0, 0.05) is 17.2 Å². The summed E-state index contributed by atoms with van der Waals surface area (Å²) < 4.78 is 0. The molecule has 4 nitrogen and oxygen atoms in total. The molecule has 0 spiro atoms. The van der Waals surface area contributed by atoms with E-state index in [-0.39, 0.29) is 5.92 Å². The number of rotatable bonds is 3. The largest absolute Gasteiger partial charge is 0.383 e. The molecule has 18 heavy (non-hydrogen) atoms. The highest BCUT2D eigenvalue weighted by Gasteiger charge is 2.11. The molecule has 2 aromatic rings. The summed E-state index contributed by atoms with van der Waals surface area (Å²) in [6, 6.07) is 9.92. The zero-order chi connectivity index (χ0) is 13.1. The predicted molar refractivity (Wildman–Crippen MR) is 75.0 cm³/mol. The number of nitrogens with zero attached hydrogens (tertiary/aromatic N) is 2. The summed E-state index contributed by atoms with van der Waals surface area (Å²) in [5.74, 6) is 2.32. The Morgan fingerprint density at radius 1 is 1.11 bits per heavy atom. The molecule has 1 aromatic carbocycles. The average Bonchev–Trinajstić information content (AvgIpc) is 2.35. The van der Waals surface area contributed by atoms with Gasteiger partial charge in [0.25, 0.3) is 0 Å². The standard InChI is InChI=1S/C14H18N4/c1-9(2)13-17-12(15)10(3)14(18-13)16-11-7-5-4-6-8-11/h4-9H,1-3H3,(H3,15,16,17,18). The number of nitrogen functional groups attached to an aromatic ring is 1. The second-order valence-electron chi connectivity index (χ2n) is 4.59. The van der Waals surface area contributed by atoms with Gasteiger partial charge >= 0.3 is 0 Å². The van der Waals surface area contributed by atoms with Crippen LogP contribution >= 0.6 is 0 Å². The second-order valence-corrected chi connectivity index (χ2v) is 4.59. The molecule has 0 saturated carbocycles. The van der Waals surface area contributed by atoms with E-state index in [0.717, 1.165) is 22.9 Å². The minimum Gasteiger partial charge on any atom is -0.383 e. The molecule has 0 aliphatic rings. The van der Waals surface area contributed by atoms with Gasteiger partial charge in [-0.2, -0.15) is 0 Å². The van der Waals surface area contributed by atoms with Crippen LogP contribution in [0.5, 0.6) is 0 Å². The summed E-state index contributed by atoms with van der Waals surface area (Å²) in [4.78, 5) is 8.83. The molecule has 0 fully saturated rings. The highest BCUT2D eigenvalue weighted by Crippen LogP contribution is 2.23. The molecule has 0 aliphatic carbocycles. The van der Waals surface area contributed by atoms with E-state index in [2.05, 4.69) is 29.1 Å². The lowest BCUT2D eigenvalue weighted by Gasteiger charge is -2.13. The minimum atomic E-state index is 0.254. The molecular formula is C14H18N4. The molecule has 2 rings (SSSR count). The zero-order valence-electron chi connectivity index (χ0n) is 10.9. The molecule has 0 radical (unpaired) electrons. The Hall–Kier alpha value is -2.10. The van der Waals surface area contributed by atoms with E-state index < -0.39 is 0 Å². The van der Waals surface area contributed by atoms with Crippen LogP contribution in [0, 0.1) is 6.92 Å². The van der Waals surface area contributed by atoms with Crippen LogP contribution in [0.2, 0.25) is 0 Å². The smallest absolute Gasteiger partial charge is 0.139 e. The van der Waals surface area contributed by atoms with Crippen LogP contribution in [0.25, 0.3) is 0 Å². The molecule has 0 unspecified atom stereocenters. The zero-order valence-corrected chi connectivity index (χ0v) is 10.9. The molecule has 0 amide bonds. The molecule has 94 valence electrons. The molecular weight excluding hydrogens is 224 g/mol. The summed E-state index contributed by atoms with van der Waals surface area (Å²) in [6.45, 7) is 6.03. The fourth-order valence-corrected chi connectivity index (χ4v) is 1.59. The maximum absolute atomic E-state index is 5.92. The first kappa shape index (κ1) is 12.4. The minimum absolute atomic E-state index is 0.254. The van der Waals surface area contributed by atoms with Crippen LogP contribution < -0.4 is 11.1 Å². The van der Waals surface area contributed by atoms with Crippen molar-refractivity contribution in [1.82, 2.24) is 9.97 Å². The lowest BCUT2D eigenvalue weighted by molar-refractivity contribution is 0.776. The van der Waals surface area contributed by atoms with Gasteiger partial charge in [-0.05, 0) is 19.1 Å². The van der Waals surface area contributed by atoms with E-state index in [0.29, 0.717) is 5.82 Å². The normalized spacial score (nSPS) is 10.7. The predicted octanol–water partition coefficient (Wildman–Crippen LogP) is 3.23. The van der Waals surface area contributed by atoms with E-state index in [4.69, 9.17) is 5.73 Å². The van der Waals surface area contributed by atoms with Crippen LogP contribution in [0.4, 0.5) is 17.3 Å². The van der Waals surface area contributed by atoms with Gasteiger partial charge in [0.1, 0.15) is 17.5 Å². The first-order valence-electron chi connectivity index (χ1n) is 6.04. The number of nitrogens with one attached hydrogen (secondary N) is 1. The third-order valence-corrected chi connectivity index (χ3v) is 2.75. The summed E-state index contributed by atoms with van der Waals surface area (Å²) in [6.07, 6.45) is 0.